The van der Waals surface area contributed by atoms with Crippen LogP contribution in [0.3, 0.4) is 0 Å². The van der Waals surface area contributed by atoms with Gasteiger partial charge in [0.15, 0.2) is 0 Å². The Labute approximate surface area is 91.1 Å². The minimum Gasteiger partial charge on any atom is -0.0859 e. The standard InChI is InChI=1S/2C7H14/c2*1-4-6-7(3)5-2/h2*6H,4-5H2,1-3H3/b2*7-6+. The smallest absolute Gasteiger partial charge is 0.0352 e. The fourth-order valence-electron chi connectivity index (χ4n) is 0.986. The molecule has 0 aromatic heterocycles. The SMILES string of the molecule is CC/C=C(\C)CC.CC/C=C(\C)CC. The summed E-state index contributed by atoms with van der Waals surface area (Å²) in [7, 11) is 0. The lowest BCUT2D eigenvalue weighted by atomic mass is 10.2. The highest BCUT2D eigenvalue weighted by molar-refractivity contribution is 4.95. The molecule has 0 fully saturated rings. The number of hydrogen-bond donors (Lipinski definition) is 0. The zero-order valence-electron chi connectivity index (χ0n) is 11.0. The zero-order chi connectivity index (χ0) is 11.4. The third kappa shape index (κ3) is 14.0. The van der Waals surface area contributed by atoms with Crippen molar-refractivity contribution in [2.75, 3.05) is 0 Å². The van der Waals surface area contributed by atoms with E-state index in [4.69, 9.17) is 0 Å². The Bertz CT molecular complexity index is 141. The maximum Gasteiger partial charge on any atom is -0.0352 e. The van der Waals surface area contributed by atoms with Crippen LogP contribution in [0.15, 0.2) is 23.3 Å². The van der Waals surface area contributed by atoms with Crippen molar-refractivity contribution < 1.29 is 0 Å². The van der Waals surface area contributed by atoms with E-state index in [-0.39, 0.29) is 0 Å². The van der Waals surface area contributed by atoms with Crippen molar-refractivity contribution in [1.29, 1.82) is 0 Å². The van der Waals surface area contributed by atoms with E-state index in [1.54, 1.807) is 0 Å². The van der Waals surface area contributed by atoms with Crippen molar-refractivity contribution >= 4 is 0 Å². The van der Waals surface area contributed by atoms with Gasteiger partial charge in [-0.1, -0.05) is 51.0 Å². The summed E-state index contributed by atoms with van der Waals surface area (Å²) < 4.78 is 0. The van der Waals surface area contributed by atoms with Crippen molar-refractivity contribution in [2.45, 2.75) is 67.2 Å². The molecular weight excluding hydrogens is 168 g/mol. The molecule has 0 N–H and O–H groups in total. The summed E-state index contributed by atoms with van der Waals surface area (Å²) in [4.78, 5) is 0. The van der Waals surface area contributed by atoms with Crippen LogP contribution in [0.5, 0.6) is 0 Å². The average molecular weight is 196 g/mol. The van der Waals surface area contributed by atoms with Crippen LogP contribution in [0.25, 0.3) is 0 Å². The Morgan fingerprint density at radius 1 is 0.714 bits per heavy atom. The molecule has 0 unspecified atom stereocenters. The van der Waals surface area contributed by atoms with Crippen LogP contribution in [0, 0.1) is 0 Å². The fourth-order valence-corrected chi connectivity index (χ4v) is 0.986. The molecule has 0 radical (unpaired) electrons. The van der Waals surface area contributed by atoms with Crippen molar-refractivity contribution in [1.82, 2.24) is 0 Å². The molecular formula is C14H28. The second-order valence-corrected chi connectivity index (χ2v) is 3.62. The third-order valence-corrected chi connectivity index (χ3v) is 2.22. The van der Waals surface area contributed by atoms with E-state index in [1.807, 2.05) is 0 Å². The van der Waals surface area contributed by atoms with Gasteiger partial charge < -0.3 is 0 Å². The molecule has 0 bridgehead atoms. The van der Waals surface area contributed by atoms with Crippen molar-refractivity contribution in [3.63, 3.8) is 0 Å². The molecule has 84 valence electrons. The maximum absolute atomic E-state index is 2.26. The molecule has 0 amide bonds. The molecule has 0 aliphatic carbocycles. The minimum atomic E-state index is 1.18. The number of rotatable bonds is 4. The van der Waals surface area contributed by atoms with Gasteiger partial charge in [0.1, 0.15) is 0 Å². The van der Waals surface area contributed by atoms with E-state index in [0.717, 1.165) is 0 Å². The van der Waals surface area contributed by atoms with Crippen molar-refractivity contribution in [2.24, 2.45) is 0 Å². The summed E-state index contributed by atoms with van der Waals surface area (Å²) in [6.45, 7) is 13.0. The fraction of sp³-hybridized carbons (Fsp3) is 0.714. The molecule has 0 aromatic rings. The van der Waals surface area contributed by atoms with Gasteiger partial charge in [-0.05, 0) is 39.5 Å². The lowest BCUT2D eigenvalue weighted by molar-refractivity contribution is 1.06. The van der Waals surface area contributed by atoms with E-state index in [2.05, 4.69) is 53.7 Å². The molecule has 0 rings (SSSR count). The van der Waals surface area contributed by atoms with E-state index in [1.165, 1.54) is 36.8 Å². The van der Waals surface area contributed by atoms with Gasteiger partial charge in [0.2, 0.25) is 0 Å². The van der Waals surface area contributed by atoms with Crippen LogP contribution in [0.2, 0.25) is 0 Å². The lowest BCUT2D eigenvalue weighted by Gasteiger charge is -1.88. The van der Waals surface area contributed by atoms with Gasteiger partial charge in [-0.3, -0.25) is 0 Å². The molecule has 0 aliphatic rings. The first-order valence-corrected chi connectivity index (χ1v) is 5.93. The molecule has 0 aromatic carbocycles. The zero-order valence-corrected chi connectivity index (χ0v) is 11.0. The predicted octanol–water partition coefficient (Wildman–Crippen LogP) is 5.51. The van der Waals surface area contributed by atoms with Crippen LogP contribution in [0.1, 0.15) is 67.2 Å². The van der Waals surface area contributed by atoms with Gasteiger partial charge in [-0.25, -0.2) is 0 Å². The van der Waals surface area contributed by atoms with E-state index in [9.17, 15) is 0 Å². The molecule has 0 heterocycles. The third-order valence-electron chi connectivity index (χ3n) is 2.22. The van der Waals surface area contributed by atoms with Gasteiger partial charge in [0.25, 0.3) is 0 Å². The van der Waals surface area contributed by atoms with Gasteiger partial charge in [-0.15, -0.1) is 0 Å². The largest absolute Gasteiger partial charge is 0.0859 e. The van der Waals surface area contributed by atoms with Gasteiger partial charge in [0, 0.05) is 0 Å². The average Bonchev–Trinajstić information content (AvgIpc) is 2.19. The summed E-state index contributed by atoms with van der Waals surface area (Å²) in [5, 5.41) is 0. The first kappa shape index (κ1) is 15.9. The summed E-state index contributed by atoms with van der Waals surface area (Å²) in [5.74, 6) is 0. The second-order valence-electron chi connectivity index (χ2n) is 3.62. The van der Waals surface area contributed by atoms with Gasteiger partial charge in [0.05, 0.1) is 0 Å². The Morgan fingerprint density at radius 2 is 1.00 bits per heavy atom. The highest BCUT2D eigenvalue weighted by Gasteiger charge is 1.77. The van der Waals surface area contributed by atoms with Gasteiger partial charge in [-0.2, -0.15) is 0 Å². The van der Waals surface area contributed by atoms with Crippen LogP contribution in [-0.4, -0.2) is 0 Å². The summed E-state index contributed by atoms with van der Waals surface area (Å²) >= 11 is 0. The Kier molecular flexibility index (Phi) is 14.2. The lowest BCUT2D eigenvalue weighted by Crippen LogP contribution is -1.67. The van der Waals surface area contributed by atoms with Gasteiger partial charge >= 0.3 is 0 Å². The first-order valence-electron chi connectivity index (χ1n) is 5.93. The van der Waals surface area contributed by atoms with Crippen LogP contribution < -0.4 is 0 Å². The highest BCUT2D eigenvalue weighted by atomic mass is 13.8. The Hall–Kier alpha value is -0.520. The van der Waals surface area contributed by atoms with Crippen molar-refractivity contribution in [3.8, 4) is 0 Å². The molecule has 0 saturated heterocycles. The Morgan fingerprint density at radius 3 is 1.07 bits per heavy atom. The molecule has 0 aliphatic heterocycles. The van der Waals surface area contributed by atoms with E-state index >= 15 is 0 Å². The quantitative estimate of drug-likeness (QED) is 0.520. The normalized spacial score (nSPS) is 12.1. The van der Waals surface area contributed by atoms with Crippen LogP contribution >= 0.6 is 0 Å². The predicted molar refractivity (Wildman–Crippen MR) is 68.7 cm³/mol. The van der Waals surface area contributed by atoms with Crippen LogP contribution in [0.4, 0.5) is 0 Å². The highest BCUT2D eigenvalue weighted by Crippen LogP contribution is 1.98. The molecule has 0 saturated carbocycles. The summed E-state index contributed by atoms with van der Waals surface area (Å²) in [5.41, 5.74) is 3.00. The second kappa shape index (κ2) is 12.5. The van der Waals surface area contributed by atoms with Crippen LogP contribution in [-0.2, 0) is 0 Å². The summed E-state index contributed by atoms with van der Waals surface area (Å²) in [6, 6.07) is 0. The topological polar surface area (TPSA) is 0 Å². The molecule has 0 spiro atoms. The van der Waals surface area contributed by atoms with E-state index in [0.29, 0.717) is 0 Å². The monoisotopic (exact) mass is 196 g/mol. The first-order chi connectivity index (χ1) is 6.62. The minimum absolute atomic E-state index is 1.18. The number of allylic oxidation sites excluding steroid dienone is 4. The summed E-state index contributed by atoms with van der Waals surface area (Å²) in [6.07, 6.45) is 9.29. The molecule has 0 heteroatoms. The number of hydrogen-bond acceptors (Lipinski definition) is 0. The van der Waals surface area contributed by atoms with Crippen molar-refractivity contribution in [3.05, 3.63) is 23.3 Å². The molecule has 0 nitrogen and oxygen atoms in total. The molecule has 0 atom stereocenters. The Balaban J connectivity index is 0. The molecule has 14 heavy (non-hydrogen) atoms. The maximum atomic E-state index is 2.26. The van der Waals surface area contributed by atoms with E-state index < -0.39 is 0 Å².